The third-order valence-electron chi connectivity index (χ3n) is 3.12. The van der Waals surface area contributed by atoms with Crippen molar-refractivity contribution in [2.24, 2.45) is 5.92 Å². The molecule has 1 aromatic rings. The van der Waals surface area contributed by atoms with E-state index < -0.39 is 6.09 Å². The number of likely N-dealkylation sites (tertiary alicyclic amines) is 1. The van der Waals surface area contributed by atoms with Crippen LogP contribution in [0, 0.1) is 5.92 Å². The Bertz CT molecular complexity index is 416. The average Bonchev–Trinajstić information content (AvgIpc) is 2.39. The zero-order chi connectivity index (χ0) is 12.3. The molecule has 0 aliphatic carbocycles. The molecule has 2 rings (SSSR count). The van der Waals surface area contributed by atoms with Crippen LogP contribution in [-0.2, 0) is 0 Å². The molecular weight excluding hydrogens is 218 g/mol. The van der Waals surface area contributed by atoms with Gasteiger partial charge in [0.05, 0.1) is 0 Å². The van der Waals surface area contributed by atoms with Crippen LogP contribution in [0.4, 0.5) is 4.79 Å². The Kier molecular flexibility index (Phi) is 3.42. The molecular formula is C13H15NO3. The number of carboxylic acid groups (broad SMARTS) is 1. The van der Waals surface area contributed by atoms with Crippen molar-refractivity contribution < 1.29 is 14.7 Å². The summed E-state index contributed by atoms with van der Waals surface area (Å²) in [6.45, 7) is 0.858. The summed E-state index contributed by atoms with van der Waals surface area (Å²) in [5, 5.41) is 8.92. The number of piperidine rings is 1. The minimum absolute atomic E-state index is 0.0524. The normalized spacial score (nSPS) is 20.0. The van der Waals surface area contributed by atoms with Gasteiger partial charge in [-0.2, -0.15) is 0 Å². The smallest absolute Gasteiger partial charge is 0.407 e. The van der Waals surface area contributed by atoms with Crippen LogP contribution in [0.2, 0.25) is 0 Å². The van der Waals surface area contributed by atoms with Gasteiger partial charge in [-0.05, 0) is 12.8 Å². The monoisotopic (exact) mass is 233 g/mol. The molecule has 90 valence electrons. The molecule has 0 unspecified atom stereocenters. The van der Waals surface area contributed by atoms with Gasteiger partial charge in [-0.15, -0.1) is 0 Å². The second kappa shape index (κ2) is 4.99. The Morgan fingerprint density at radius 3 is 2.59 bits per heavy atom. The van der Waals surface area contributed by atoms with Crippen LogP contribution in [0.5, 0.6) is 0 Å². The number of amides is 1. The quantitative estimate of drug-likeness (QED) is 0.797. The highest BCUT2D eigenvalue weighted by atomic mass is 16.4. The number of carbonyl (C=O) groups is 2. The molecule has 0 bridgehead atoms. The molecule has 1 heterocycles. The van der Waals surface area contributed by atoms with Crippen molar-refractivity contribution in [2.45, 2.75) is 12.8 Å². The van der Waals surface area contributed by atoms with Gasteiger partial charge >= 0.3 is 6.09 Å². The van der Waals surface area contributed by atoms with Crippen molar-refractivity contribution in [1.82, 2.24) is 4.90 Å². The molecule has 1 atom stereocenters. The Morgan fingerprint density at radius 2 is 1.94 bits per heavy atom. The molecule has 1 aliphatic rings. The molecule has 1 aromatic carbocycles. The van der Waals surface area contributed by atoms with E-state index in [1.165, 1.54) is 4.90 Å². The van der Waals surface area contributed by atoms with Gasteiger partial charge in [0.15, 0.2) is 5.78 Å². The van der Waals surface area contributed by atoms with Crippen molar-refractivity contribution in [3.05, 3.63) is 35.9 Å². The van der Waals surface area contributed by atoms with E-state index in [0.29, 0.717) is 18.7 Å². The summed E-state index contributed by atoms with van der Waals surface area (Å²) in [5.74, 6) is -0.140. The Hall–Kier alpha value is -1.84. The minimum atomic E-state index is -0.935. The van der Waals surface area contributed by atoms with E-state index in [0.717, 1.165) is 12.8 Å². The van der Waals surface area contributed by atoms with Crippen LogP contribution in [0.1, 0.15) is 23.2 Å². The van der Waals surface area contributed by atoms with E-state index in [2.05, 4.69) is 0 Å². The van der Waals surface area contributed by atoms with Crippen molar-refractivity contribution in [3.8, 4) is 0 Å². The molecule has 0 radical (unpaired) electrons. The number of rotatable bonds is 2. The number of hydrogen-bond donors (Lipinski definition) is 1. The third kappa shape index (κ3) is 2.64. The highest BCUT2D eigenvalue weighted by molar-refractivity contribution is 5.98. The van der Waals surface area contributed by atoms with Gasteiger partial charge in [-0.1, -0.05) is 30.3 Å². The van der Waals surface area contributed by atoms with E-state index in [-0.39, 0.29) is 11.7 Å². The third-order valence-corrected chi connectivity index (χ3v) is 3.12. The fourth-order valence-electron chi connectivity index (χ4n) is 2.20. The van der Waals surface area contributed by atoms with Crippen LogP contribution in [0.15, 0.2) is 30.3 Å². The lowest BCUT2D eigenvalue weighted by Gasteiger charge is -2.29. The zero-order valence-corrected chi connectivity index (χ0v) is 9.50. The van der Waals surface area contributed by atoms with Crippen molar-refractivity contribution >= 4 is 11.9 Å². The van der Waals surface area contributed by atoms with Gasteiger partial charge in [0.25, 0.3) is 0 Å². The first-order chi connectivity index (χ1) is 8.18. The maximum atomic E-state index is 12.1. The standard InChI is InChI=1S/C13H15NO3/c15-12(10-5-2-1-3-6-10)11-7-4-8-14(9-11)13(16)17/h1-3,5-6,11H,4,7-9H2,(H,16,17)/t11-/m0/s1. The summed E-state index contributed by atoms with van der Waals surface area (Å²) in [6.07, 6.45) is 0.600. The van der Waals surface area contributed by atoms with Crippen LogP contribution < -0.4 is 0 Å². The van der Waals surface area contributed by atoms with E-state index in [1.807, 2.05) is 18.2 Å². The first-order valence-electron chi connectivity index (χ1n) is 5.75. The Balaban J connectivity index is 2.07. The summed E-state index contributed by atoms with van der Waals surface area (Å²) in [6, 6.07) is 9.07. The fourth-order valence-corrected chi connectivity index (χ4v) is 2.20. The molecule has 1 saturated heterocycles. The molecule has 0 spiro atoms. The lowest BCUT2D eigenvalue weighted by molar-refractivity contribution is 0.0806. The van der Waals surface area contributed by atoms with Crippen LogP contribution in [-0.4, -0.2) is 35.0 Å². The molecule has 17 heavy (non-hydrogen) atoms. The SMILES string of the molecule is O=C(c1ccccc1)[C@H]1CCCN(C(=O)O)C1. The first kappa shape index (κ1) is 11.6. The van der Waals surface area contributed by atoms with E-state index in [1.54, 1.807) is 12.1 Å². The second-order valence-corrected chi connectivity index (χ2v) is 4.30. The molecule has 0 aromatic heterocycles. The second-order valence-electron chi connectivity index (χ2n) is 4.30. The number of nitrogens with zero attached hydrogens (tertiary/aromatic N) is 1. The van der Waals surface area contributed by atoms with Crippen LogP contribution in [0.25, 0.3) is 0 Å². The first-order valence-corrected chi connectivity index (χ1v) is 5.75. The topological polar surface area (TPSA) is 57.6 Å². The number of ketones is 1. The number of hydrogen-bond acceptors (Lipinski definition) is 2. The highest BCUT2D eigenvalue weighted by Crippen LogP contribution is 2.20. The maximum Gasteiger partial charge on any atom is 0.407 e. The minimum Gasteiger partial charge on any atom is -0.465 e. The summed E-state index contributed by atoms with van der Waals surface area (Å²) in [7, 11) is 0. The summed E-state index contributed by atoms with van der Waals surface area (Å²) in [5.41, 5.74) is 0.671. The lowest BCUT2D eigenvalue weighted by Crippen LogP contribution is -2.41. The molecule has 1 amide bonds. The van der Waals surface area contributed by atoms with Gasteiger partial charge in [0, 0.05) is 24.6 Å². The largest absolute Gasteiger partial charge is 0.465 e. The Morgan fingerprint density at radius 1 is 1.24 bits per heavy atom. The van der Waals surface area contributed by atoms with Gasteiger partial charge < -0.3 is 10.0 Å². The lowest BCUT2D eigenvalue weighted by atomic mass is 9.90. The predicted molar refractivity (Wildman–Crippen MR) is 63.1 cm³/mol. The zero-order valence-electron chi connectivity index (χ0n) is 9.50. The van der Waals surface area contributed by atoms with Crippen molar-refractivity contribution in [1.29, 1.82) is 0 Å². The Labute approximate surface area is 99.9 Å². The predicted octanol–water partition coefficient (Wildman–Crippen LogP) is 2.26. The molecule has 1 N–H and O–H groups in total. The van der Waals surface area contributed by atoms with Gasteiger partial charge in [0.1, 0.15) is 0 Å². The van der Waals surface area contributed by atoms with E-state index in [9.17, 15) is 9.59 Å². The number of Topliss-reactive ketones (excluding diaryl/α,β-unsaturated/α-hetero) is 1. The van der Waals surface area contributed by atoms with Crippen molar-refractivity contribution in [3.63, 3.8) is 0 Å². The highest BCUT2D eigenvalue weighted by Gasteiger charge is 2.28. The van der Waals surface area contributed by atoms with Crippen LogP contribution >= 0.6 is 0 Å². The van der Waals surface area contributed by atoms with E-state index >= 15 is 0 Å². The van der Waals surface area contributed by atoms with Gasteiger partial charge in [-0.25, -0.2) is 4.79 Å². The molecule has 1 aliphatic heterocycles. The number of benzene rings is 1. The molecule has 1 fully saturated rings. The molecule has 4 heteroatoms. The average molecular weight is 233 g/mol. The maximum absolute atomic E-state index is 12.1. The molecule has 4 nitrogen and oxygen atoms in total. The van der Waals surface area contributed by atoms with Gasteiger partial charge in [0.2, 0.25) is 0 Å². The van der Waals surface area contributed by atoms with E-state index in [4.69, 9.17) is 5.11 Å². The summed E-state index contributed by atoms with van der Waals surface area (Å²) in [4.78, 5) is 24.4. The van der Waals surface area contributed by atoms with Gasteiger partial charge in [-0.3, -0.25) is 4.79 Å². The van der Waals surface area contributed by atoms with Crippen molar-refractivity contribution in [2.75, 3.05) is 13.1 Å². The summed E-state index contributed by atoms with van der Waals surface area (Å²) < 4.78 is 0. The summed E-state index contributed by atoms with van der Waals surface area (Å²) >= 11 is 0. The number of carbonyl (C=O) groups excluding carboxylic acids is 1. The fraction of sp³-hybridized carbons (Fsp3) is 0.385. The van der Waals surface area contributed by atoms with Crippen LogP contribution in [0.3, 0.4) is 0 Å². The molecule has 0 saturated carbocycles.